The third-order valence-corrected chi connectivity index (χ3v) is 5.99. The van der Waals surface area contributed by atoms with E-state index in [2.05, 4.69) is 33.6 Å². The largest absolute Gasteiger partial charge is 0.336 e. The van der Waals surface area contributed by atoms with Crippen molar-refractivity contribution in [3.05, 3.63) is 75.8 Å². The first-order valence-corrected chi connectivity index (χ1v) is 10.7. The highest BCUT2D eigenvalue weighted by Gasteiger charge is 2.17. The van der Waals surface area contributed by atoms with Crippen molar-refractivity contribution in [2.24, 2.45) is 0 Å². The average Bonchev–Trinajstić information content (AvgIpc) is 3.48. The fraction of sp³-hybridized carbons (Fsp3) is 0.200. The molecule has 6 nitrogen and oxygen atoms in total. The summed E-state index contributed by atoms with van der Waals surface area (Å²) in [6, 6.07) is 18.1. The van der Waals surface area contributed by atoms with E-state index in [1.54, 1.807) is 22.7 Å². The lowest BCUT2D eigenvalue weighted by Gasteiger charge is -2.22. The van der Waals surface area contributed by atoms with E-state index in [-0.39, 0.29) is 12.5 Å². The maximum absolute atomic E-state index is 13.0. The number of nitrogens with zero attached hydrogens (tertiary/aromatic N) is 5. The van der Waals surface area contributed by atoms with Crippen molar-refractivity contribution < 1.29 is 4.79 Å². The molecule has 0 saturated carbocycles. The van der Waals surface area contributed by atoms with Crippen molar-refractivity contribution in [2.45, 2.75) is 19.5 Å². The van der Waals surface area contributed by atoms with Crippen LogP contribution in [0.1, 0.15) is 10.4 Å². The first kappa shape index (κ1) is 18.5. The van der Waals surface area contributed by atoms with E-state index in [0.29, 0.717) is 18.9 Å². The van der Waals surface area contributed by atoms with E-state index in [9.17, 15) is 4.79 Å². The van der Waals surface area contributed by atoms with Gasteiger partial charge in [0.1, 0.15) is 6.54 Å². The Balaban J connectivity index is 1.44. The lowest BCUT2D eigenvalue weighted by molar-refractivity contribution is -0.132. The zero-order chi connectivity index (χ0) is 19.2. The van der Waals surface area contributed by atoms with E-state index in [1.807, 2.05) is 52.1 Å². The number of aromatic nitrogens is 4. The molecule has 3 heterocycles. The van der Waals surface area contributed by atoms with Gasteiger partial charge >= 0.3 is 0 Å². The Morgan fingerprint density at radius 1 is 1.00 bits per heavy atom. The molecule has 4 aromatic rings. The number of rotatable bonds is 8. The molecule has 28 heavy (non-hydrogen) atoms. The van der Waals surface area contributed by atoms with Gasteiger partial charge in [0.25, 0.3) is 0 Å². The minimum absolute atomic E-state index is 0.0144. The summed E-state index contributed by atoms with van der Waals surface area (Å²) < 4.78 is 0. The molecule has 0 aliphatic carbocycles. The van der Waals surface area contributed by atoms with Gasteiger partial charge in [-0.3, -0.25) is 4.79 Å². The molecule has 8 heteroatoms. The summed E-state index contributed by atoms with van der Waals surface area (Å²) in [4.78, 5) is 18.3. The fourth-order valence-electron chi connectivity index (χ4n) is 2.83. The minimum atomic E-state index is -0.0144. The van der Waals surface area contributed by atoms with Crippen LogP contribution in [-0.4, -0.2) is 37.6 Å². The molecule has 0 bridgehead atoms. The van der Waals surface area contributed by atoms with Crippen LogP contribution in [0.5, 0.6) is 0 Å². The first-order chi connectivity index (χ1) is 13.8. The Bertz CT molecular complexity index is 997. The smallest absolute Gasteiger partial charge is 0.246 e. The standard InChI is InChI=1S/C20H19N5OS2/c26-19(15-25-22-20(21-23-25)18-9-5-13-28-18)24(14-17-8-4-12-27-17)11-10-16-6-2-1-3-7-16/h1-9,12-13H,10-11,14-15H2. The van der Waals surface area contributed by atoms with Crippen molar-refractivity contribution in [1.29, 1.82) is 0 Å². The SMILES string of the molecule is O=C(Cn1nnc(-c2cccs2)n1)N(CCc1ccccc1)Cc1cccs1. The van der Waals surface area contributed by atoms with Gasteiger partial charge in [0.05, 0.1) is 11.4 Å². The Labute approximate surface area is 171 Å². The molecular formula is C20H19N5OS2. The molecule has 1 aromatic carbocycles. The number of carbonyl (C=O) groups is 1. The summed E-state index contributed by atoms with van der Waals surface area (Å²) in [5.74, 6) is 0.538. The summed E-state index contributed by atoms with van der Waals surface area (Å²) in [5, 5.41) is 16.5. The monoisotopic (exact) mass is 409 g/mol. The van der Waals surface area contributed by atoms with E-state index < -0.39 is 0 Å². The van der Waals surface area contributed by atoms with Gasteiger partial charge in [0.2, 0.25) is 11.7 Å². The van der Waals surface area contributed by atoms with Crippen molar-refractivity contribution >= 4 is 28.6 Å². The van der Waals surface area contributed by atoms with Gasteiger partial charge in [-0.15, -0.1) is 32.9 Å². The highest BCUT2D eigenvalue weighted by atomic mass is 32.1. The number of tetrazole rings is 1. The summed E-state index contributed by atoms with van der Waals surface area (Å²) in [6.07, 6.45) is 0.809. The van der Waals surface area contributed by atoms with Gasteiger partial charge in [-0.1, -0.05) is 42.5 Å². The van der Waals surface area contributed by atoms with Crippen molar-refractivity contribution in [3.8, 4) is 10.7 Å². The van der Waals surface area contributed by atoms with Gasteiger partial charge < -0.3 is 4.90 Å². The Hall–Kier alpha value is -2.84. The molecule has 0 fully saturated rings. The van der Waals surface area contributed by atoms with Gasteiger partial charge in [-0.05, 0) is 40.1 Å². The Morgan fingerprint density at radius 2 is 1.82 bits per heavy atom. The van der Waals surface area contributed by atoms with E-state index >= 15 is 0 Å². The molecule has 0 aliphatic heterocycles. The predicted octanol–water partition coefficient (Wildman–Crippen LogP) is 3.73. The van der Waals surface area contributed by atoms with Crippen LogP contribution in [0.15, 0.2) is 65.4 Å². The first-order valence-electron chi connectivity index (χ1n) is 8.94. The number of hydrogen-bond acceptors (Lipinski definition) is 6. The lowest BCUT2D eigenvalue weighted by atomic mass is 10.1. The van der Waals surface area contributed by atoms with Crippen LogP contribution >= 0.6 is 22.7 Å². The molecule has 4 rings (SSSR count). The van der Waals surface area contributed by atoms with E-state index in [4.69, 9.17) is 0 Å². The average molecular weight is 410 g/mol. The molecule has 0 saturated heterocycles. The number of benzene rings is 1. The highest BCUT2D eigenvalue weighted by molar-refractivity contribution is 7.13. The predicted molar refractivity (Wildman–Crippen MR) is 111 cm³/mol. The van der Waals surface area contributed by atoms with Crippen molar-refractivity contribution in [2.75, 3.05) is 6.54 Å². The summed E-state index contributed by atoms with van der Waals surface area (Å²) in [5.41, 5.74) is 1.21. The molecule has 1 amide bonds. The number of amides is 1. The zero-order valence-electron chi connectivity index (χ0n) is 15.1. The molecule has 142 valence electrons. The Kier molecular flexibility index (Phi) is 5.89. The fourth-order valence-corrected chi connectivity index (χ4v) is 4.19. The molecule has 0 atom stereocenters. The second-order valence-corrected chi connectivity index (χ2v) is 8.23. The number of carbonyl (C=O) groups excluding carboxylic acids is 1. The van der Waals surface area contributed by atoms with Crippen LogP contribution in [-0.2, 0) is 24.3 Å². The van der Waals surface area contributed by atoms with Gasteiger partial charge in [0.15, 0.2) is 0 Å². The van der Waals surface area contributed by atoms with Crippen LogP contribution in [0.3, 0.4) is 0 Å². The van der Waals surface area contributed by atoms with Crippen LogP contribution < -0.4 is 0 Å². The van der Waals surface area contributed by atoms with Gasteiger partial charge in [-0.2, -0.15) is 4.80 Å². The van der Waals surface area contributed by atoms with Crippen LogP contribution in [0.4, 0.5) is 0 Å². The van der Waals surface area contributed by atoms with Gasteiger partial charge in [-0.25, -0.2) is 0 Å². The molecule has 3 aromatic heterocycles. The Morgan fingerprint density at radius 3 is 2.57 bits per heavy atom. The molecule has 0 spiro atoms. The normalized spacial score (nSPS) is 10.9. The van der Waals surface area contributed by atoms with Gasteiger partial charge in [0, 0.05) is 11.4 Å². The van der Waals surface area contributed by atoms with Crippen LogP contribution in [0.25, 0.3) is 10.7 Å². The summed E-state index contributed by atoms with van der Waals surface area (Å²) in [6.45, 7) is 1.32. The molecule has 0 radical (unpaired) electrons. The number of hydrogen-bond donors (Lipinski definition) is 0. The summed E-state index contributed by atoms with van der Waals surface area (Å²) >= 11 is 3.21. The third-order valence-electron chi connectivity index (χ3n) is 4.26. The van der Waals surface area contributed by atoms with Crippen molar-refractivity contribution in [1.82, 2.24) is 25.1 Å². The molecule has 0 unspecified atom stereocenters. The summed E-state index contributed by atoms with van der Waals surface area (Å²) in [7, 11) is 0. The van der Waals surface area contributed by atoms with E-state index in [0.717, 1.165) is 16.2 Å². The van der Waals surface area contributed by atoms with Crippen LogP contribution in [0, 0.1) is 0 Å². The molecular weight excluding hydrogens is 390 g/mol. The highest BCUT2D eigenvalue weighted by Crippen LogP contribution is 2.19. The topological polar surface area (TPSA) is 63.9 Å². The number of thiophene rings is 2. The molecule has 0 N–H and O–H groups in total. The minimum Gasteiger partial charge on any atom is -0.336 e. The van der Waals surface area contributed by atoms with Crippen molar-refractivity contribution in [3.63, 3.8) is 0 Å². The maximum Gasteiger partial charge on any atom is 0.246 e. The zero-order valence-corrected chi connectivity index (χ0v) is 16.8. The maximum atomic E-state index is 13.0. The third kappa shape index (κ3) is 4.71. The molecule has 0 aliphatic rings. The lowest BCUT2D eigenvalue weighted by Crippen LogP contribution is -2.35. The van der Waals surface area contributed by atoms with Crippen LogP contribution in [0.2, 0.25) is 0 Å². The quantitative estimate of drug-likeness (QED) is 0.445. The second kappa shape index (κ2) is 8.90. The second-order valence-electron chi connectivity index (χ2n) is 6.25. The van der Waals surface area contributed by atoms with E-state index in [1.165, 1.54) is 10.4 Å².